The van der Waals surface area contributed by atoms with Crippen molar-refractivity contribution in [3.63, 3.8) is 0 Å². The van der Waals surface area contributed by atoms with Crippen LogP contribution in [0.25, 0.3) is 0 Å². The predicted octanol–water partition coefficient (Wildman–Crippen LogP) is 3.71. The Hall–Kier alpha value is -2.59. The molecule has 4 heteroatoms. The average molecular weight is 364 g/mol. The predicted molar refractivity (Wildman–Crippen MR) is 109 cm³/mol. The fourth-order valence-electron chi connectivity index (χ4n) is 3.28. The minimum Gasteiger partial charge on any atom is -0.497 e. The van der Waals surface area contributed by atoms with E-state index in [-0.39, 0.29) is 5.91 Å². The van der Waals surface area contributed by atoms with Gasteiger partial charge >= 0.3 is 0 Å². The average Bonchev–Trinajstić information content (AvgIpc) is 2.73. The van der Waals surface area contributed by atoms with Crippen LogP contribution in [0.2, 0.25) is 0 Å². The lowest BCUT2D eigenvalue weighted by molar-refractivity contribution is -0.117. The number of amides is 1. The first kappa shape index (κ1) is 19.2. The van der Waals surface area contributed by atoms with Crippen molar-refractivity contribution in [2.24, 2.45) is 0 Å². The molecule has 1 amide bonds. The first-order valence-corrected chi connectivity index (χ1v) is 9.58. The monoisotopic (exact) mass is 364 g/mol. The Morgan fingerprint density at radius 1 is 1.11 bits per heavy atom. The molecule has 0 unspecified atom stereocenters. The van der Waals surface area contributed by atoms with Gasteiger partial charge in [0.1, 0.15) is 5.75 Å². The lowest BCUT2D eigenvalue weighted by Gasteiger charge is -2.26. The fourth-order valence-corrected chi connectivity index (χ4v) is 3.28. The van der Waals surface area contributed by atoms with Crippen LogP contribution in [0.3, 0.4) is 0 Å². The third-order valence-corrected chi connectivity index (χ3v) is 5.01. The molecule has 1 aliphatic heterocycles. The maximum Gasteiger partial charge on any atom is 0.247 e. The highest BCUT2D eigenvalue weighted by Crippen LogP contribution is 2.17. The highest BCUT2D eigenvalue weighted by molar-refractivity contribution is 5.93. The Bertz CT molecular complexity index is 796. The molecule has 0 atom stereocenters. The molecule has 2 aromatic carbocycles. The van der Waals surface area contributed by atoms with Gasteiger partial charge in [-0.3, -0.25) is 9.69 Å². The van der Waals surface area contributed by atoms with E-state index in [4.69, 9.17) is 4.74 Å². The molecule has 1 heterocycles. The van der Waals surface area contributed by atoms with Crippen molar-refractivity contribution >= 4 is 5.91 Å². The summed E-state index contributed by atoms with van der Waals surface area (Å²) in [5, 5.41) is 3.04. The molecule has 0 saturated heterocycles. The largest absolute Gasteiger partial charge is 0.497 e. The third kappa shape index (κ3) is 5.44. The van der Waals surface area contributed by atoms with Gasteiger partial charge in [0, 0.05) is 31.8 Å². The van der Waals surface area contributed by atoms with Crippen molar-refractivity contribution in [2.45, 2.75) is 32.9 Å². The maximum atomic E-state index is 12.4. The van der Waals surface area contributed by atoms with E-state index in [0.717, 1.165) is 49.4 Å². The summed E-state index contributed by atoms with van der Waals surface area (Å²) in [6, 6.07) is 16.6. The Morgan fingerprint density at radius 3 is 2.56 bits per heavy atom. The van der Waals surface area contributed by atoms with Crippen molar-refractivity contribution in [3.8, 4) is 5.75 Å². The van der Waals surface area contributed by atoms with Crippen molar-refractivity contribution in [1.29, 1.82) is 0 Å². The Balaban J connectivity index is 1.49. The molecule has 1 aliphatic rings. The molecular formula is C23H28N2O2. The number of nitrogens with one attached hydrogen (secondary N) is 1. The molecule has 0 radical (unpaired) electrons. The lowest BCUT2D eigenvalue weighted by Crippen LogP contribution is -2.33. The van der Waals surface area contributed by atoms with Gasteiger partial charge in [0.2, 0.25) is 5.91 Å². The zero-order valence-electron chi connectivity index (χ0n) is 16.2. The van der Waals surface area contributed by atoms with Gasteiger partial charge in [-0.05, 0) is 41.7 Å². The summed E-state index contributed by atoms with van der Waals surface area (Å²) >= 11 is 0. The molecule has 0 aromatic heterocycles. The fraction of sp³-hybridized carbons (Fsp3) is 0.348. The van der Waals surface area contributed by atoms with E-state index in [0.29, 0.717) is 6.54 Å². The molecule has 3 rings (SSSR count). The molecule has 0 fully saturated rings. The van der Waals surface area contributed by atoms with Crippen LogP contribution in [-0.2, 0) is 24.3 Å². The molecule has 142 valence electrons. The molecule has 1 N–H and O–H groups in total. The van der Waals surface area contributed by atoms with Gasteiger partial charge in [0.15, 0.2) is 0 Å². The molecule has 4 nitrogen and oxygen atoms in total. The number of hydrogen-bond donors (Lipinski definition) is 1. The van der Waals surface area contributed by atoms with Crippen LogP contribution < -0.4 is 10.1 Å². The standard InChI is InChI=1S/C23H28N2O2/c1-3-18-7-9-19(10-8-18)16-24-23(26)21-11-13-25(14-12-21)17-20-5-4-6-22(15-20)27-2/h4-11,15H,3,12-14,16-17H2,1-2H3,(H,24,26). The minimum absolute atomic E-state index is 0.0515. The third-order valence-electron chi connectivity index (χ3n) is 5.01. The first-order valence-electron chi connectivity index (χ1n) is 9.58. The van der Waals surface area contributed by atoms with Crippen molar-refractivity contribution in [3.05, 3.63) is 76.9 Å². The number of hydrogen-bond acceptors (Lipinski definition) is 3. The summed E-state index contributed by atoms with van der Waals surface area (Å²) in [7, 11) is 1.69. The van der Waals surface area contributed by atoms with E-state index in [9.17, 15) is 4.79 Å². The SMILES string of the molecule is CCc1ccc(CNC(=O)C2=CCN(Cc3cccc(OC)c3)CC2)cc1. The highest BCUT2D eigenvalue weighted by atomic mass is 16.5. The van der Waals surface area contributed by atoms with Crippen molar-refractivity contribution < 1.29 is 9.53 Å². The number of carbonyl (C=O) groups is 1. The van der Waals surface area contributed by atoms with Crippen LogP contribution in [0, 0.1) is 0 Å². The summed E-state index contributed by atoms with van der Waals surface area (Å²) in [4.78, 5) is 14.8. The summed E-state index contributed by atoms with van der Waals surface area (Å²) in [6.07, 6.45) is 3.87. The van der Waals surface area contributed by atoms with Crippen LogP contribution in [0.5, 0.6) is 5.75 Å². The van der Waals surface area contributed by atoms with Gasteiger partial charge in [-0.15, -0.1) is 0 Å². The number of benzene rings is 2. The Kier molecular flexibility index (Phi) is 6.66. The number of rotatable bonds is 7. The quantitative estimate of drug-likeness (QED) is 0.814. The molecular weight excluding hydrogens is 336 g/mol. The van der Waals surface area contributed by atoms with Gasteiger partial charge < -0.3 is 10.1 Å². The second-order valence-corrected chi connectivity index (χ2v) is 6.92. The van der Waals surface area contributed by atoms with Crippen molar-refractivity contribution in [1.82, 2.24) is 10.2 Å². The van der Waals surface area contributed by atoms with E-state index >= 15 is 0 Å². The van der Waals surface area contributed by atoms with Crippen LogP contribution in [-0.4, -0.2) is 31.0 Å². The molecule has 27 heavy (non-hydrogen) atoms. The zero-order valence-corrected chi connectivity index (χ0v) is 16.2. The number of carbonyl (C=O) groups excluding carboxylic acids is 1. The van der Waals surface area contributed by atoms with Crippen LogP contribution in [0.4, 0.5) is 0 Å². The summed E-state index contributed by atoms with van der Waals surface area (Å²) < 4.78 is 5.29. The Morgan fingerprint density at radius 2 is 1.89 bits per heavy atom. The molecule has 0 saturated carbocycles. The van der Waals surface area contributed by atoms with E-state index in [1.165, 1.54) is 11.1 Å². The molecule has 0 spiro atoms. The van der Waals surface area contributed by atoms with Gasteiger partial charge in [-0.1, -0.05) is 49.4 Å². The van der Waals surface area contributed by atoms with E-state index in [2.05, 4.69) is 59.6 Å². The highest BCUT2D eigenvalue weighted by Gasteiger charge is 2.17. The summed E-state index contributed by atoms with van der Waals surface area (Å²) in [5.41, 5.74) is 4.57. The molecule has 0 aliphatic carbocycles. The van der Waals surface area contributed by atoms with Gasteiger partial charge in [0.25, 0.3) is 0 Å². The maximum absolute atomic E-state index is 12.4. The number of ether oxygens (including phenoxy) is 1. The van der Waals surface area contributed by atoms with Gasteiger partial charge in [-0.2, -0.15) is 0 Å². The number of nitrogens with zero attached hydrogens (tertiary/aromatic N) is 1. The van der Waals surface area contributed by atoms with Gasteiger partial charge in [0.05, 0.1) is 7.11 Å². The van der Waals surface area contributed by atoms with E-state index < -0.39 is 0 Å². The first-order chi connectivity index (χ1) is 13.2. The van der Waals surface area contributed by atoms with E-state index in [1.54, 1.807) is 7.11 Å². The summed E-state index contributed by atoms with van der Waals surface area (Å²) in [6.45, 7) is 5.27. The van der Waals surface area contributed by atoms with Crippen LogP contribution in [0.1, 0.15) is 30.0 Å². The topological polar surface area (TPSA) is 41.6 Å². The zero-order chi connectivity index (χ0) is 19.1. The Labute approximate surface area is 161 Å². The molecule has 0 bridgehead atoms. The number of methoxy groups -OCH3 is 1. The second kappa shape index (κ2) is 9.38. The smallest absolute Gasteiger partial charge is 0.247 e. The van der Waals surface area contributed by atoms with Crippen LogP contribution >= 0.6 is 0 Å². The van der Waals surface area contributed by atoms with Crippen LogP contribution in [0.15, 0.2) is 60.2 Å². The second-order valence-electron chi connectivity index (χ2n) is 6.92. The van der Waals surface area contributed by atoms with Crippen molar-refractivity contribution in [2.75, 3.05) is 20.2 Å². The number of aryl methyl sites for hydroxylation is 1. The lowest BCUT2D eigenvalue weighted by atomic mass is 10.1. The normalized spacial score (nSPS) is 14.5. The minimum atomic E-state index is 0.0515. The van der Waals surface area contributed by atoms with E-state index in [1.807, 2.05) is 12.1 Å². The summed E-state index contributed by atoms with van der Waals surface area (Å²) in [5.74, 6) is 0.933. The molecule has 2 aromatic rings. The van der Waals surface area contributed by atoms with Gasteiger partial charge in [-0.25, -0.2) is 0 Å².